The maximum atomic E-state index is 15.0. The van der Waals surface area contributed by atoms with Gasteiger partial charge < -0.3 is 20.6 Å². The van der Waals surface area contributed by atoms with Gasteiger partial charge in [0.05, 0.1) is 35.2 Å². The van der Waals surface area contributed by atoms with Gasteiger partial charge in [0.2, 0.25) is 17.7 Å². The lowest BCUT2D eigenvalue weighted by Crippen LogP contribution is -2.41. The standard InChI is InChI=1S/C28H26ClFN4O5/c29-16-4-6-17(7-5-16)31-26(37)23-24(25(23)28(39)33-13-10-19(35)11-14-33)27(38)32-21-9-8-18(15-20(21)30)34-12-2-1-3-22(34)36/h1-9,12,15,19,23-25,35H,10-11,13-14H2,(H,31,37)(H,32,38)/t23-,24+,25?/m1/s1. The molecule has 1 aliphatic heterocycles. The number of aliphatic hydroxyl groups is 1. The highest BCUT2D eigenvalue weighted by Gasteiger charge is 2.63. The van der Waals surface area contributed by atoms with Gasteiger partial charge in [0.1, 0.15) is 5.82 Å². The molecule has 1 aromatic heterocycles. The number of pyridine rings is 1. The van der Waals surface area contributed by atoms with Crippen LogP contribution in [0.1, 0.15) is 12.8 Å². The number of anilines is 2. The van der Waals surface area contributed by atoms with Gasteiger partial charge in [0, 0.05) is 42.1 Å². The minimum absolute atomic E-state index is 0.135. The largest absolute Gasteiger partial charge is 0.393 e. The third kappa shape index (κ3) is 5.71. The molecule has 9 nitrogen and oxygen atoms in total. The Hall–Kier alpha value is -4.02. The van der Waals surface area contributed by atoms with Crippen LogP contribution in [-0.4, -0.2) is 51.5 Å². The Labute approximate surface area is 228 Å². The lowest BCUT2D eigenvalue weighted by molar-refractivity contribution is -0.136. The Morgan fingerprint density at radius 3 is 2.21 bits per heavy atom. The first-order chi connectivity index (χ1) is 18.7. The second kappa shape index (κ2) is 11.0. The van der Waals surface area contributed by atoms with Crippen molar-refractivity contribution in [2.45, 2.75) is 18.9 Å². The van der Waals surface area contributed by atoms with Crippen LogP contribution in [0.3, 0.4) is 0 Å². The molecular weight excluding hydrogens is 527 g/mol. The number of rotatable bonds is 6. The lowest BCUT2D eigenvalue weighted by atomic mass is 10.1. The van der Waals surface area contributed by atoms with Crippen molar-refractivity contribution in [1.29, 1.82) is 0 Å². The summed E-state index contributed by atoms with van der Waals surface area (Å²) in [4.78, 5) is 53.3. The second-order valence-corrected chi connectivity index (χ2v) is 10.1. The number of piperidine rings is 1. The van der Waals surface area contributed by atoms with Gasteiger partial charge in [-0.3, -0.25) is 23.7 Å². The molecule has 0 spiro atoms. The number of aromatic nitrogens is 1. The average Bonchev–Trinajstić information content (AvgIpc) is 3.68. The number of halogens is 2. The van der Waals surface area contributed by atoms with E-state index in [2.05, 4.69) is 10.6 Å². The van der Waals surface area contributed by atoms with Crippen LogP contribution in [0.15, 0.2) is 71.7 Å². The summed E-state index contributed by atoms with van der Waals surface area (Å²) in [6.07, 6.45) is 1.84. The molecule has 1 saturated carbocycles. The fraction of sp³-hybridized carbons (Fsp3) is 0.286. The van der Waals surface area contributed by atoms with Crippen molar-refractivity contribution in [2.75, 3.05) is 23.7 Å². The van der Waals surface area contributed by atoms with Gasteiger partial charge in [-0.1, -0.05) is 17.7 Å². The maximum absolute atomic E-state index is 15.0. The smallest absolute Gasteiger partial charge is 0.255 e. The number of likely N-dealkylation sites (tertiary alicyclic amines) is 1. The van der Waals surface area contributed by atoms with E-state index in [0.717, 1.165) is 6.07 Å². The number of nitrogens with zero attached hydrogens (tertiary/aromatic N) is 2. The fourth-order valence-electron chi connectivity index (χ4n) is 4.94. The zero-order valence-electron chi connectivity index (χ0n) is 20.7. The minimum Gasteiger partial charge on any atom is -0.393 e. The van der Waals surface area contributed by atoms with Gasteiger partial charge in [-0.25, -0.2) is 4.39 Å². The first-order valence-corrected chi connectivity index (χ1v) is 12.9. The van der Waals surface area contributed by atoms with E-state index in [1.165, 1.54) is 29.0 Å². The Morgan fingerprint density at radius 2 is 1.56 bits per heavy atom. The van der Waals surface area contributed by atoms with Gasteiger partial charge in [0.15, 0.2) is 0 Å². The minimum atomic E-state index is -1.01. The molecule has 0 bridgehead atoms. The van der Waals surface area contributed by atoms with Crippen molar-refractivity contribution in [3.05, 3.63) is 88.1 Å². The van der Waals surface area contributed by atoms with E-state index in [1.807, 2.05) is 0 Å². The first kappa shape index (κ1) is 26.6. The number of hydrogen-bond acceptors (Lipinski definition) is 5. The maximum Gasteiger partial charge on any atom is 0.255 e. The quantitative estimate of drug-likeness (QED) is 0.434. The Bertz CT molecular complexity index is 1470. The number of amides is 3. The third-order valence-corrected chi connectivity index (χ3v) is 7.36. The molecule has 1 aliphatic carbocycles. The van der Waals surface area contributed by atoms with Crippen LogP contribution in [0.5, 0.6) is 0 Å². The molecule has 3 N–H and O–H groups in total. The predicted molar refractivity (Wildman–Crippen MR) is 143 cm³/mol. The van der Waals surface area contributed by atoms with E-state index < -0.39 is 41.5 Å². The van der Waals surface area contributed by atoms with Crippen LogP contribution < -0.4 is 16.2 Å². The first-order valence-electron chi connectivity index (χ1n) is 12.5. The lowest BCUT2D eigenvalue weighted by Gasteiger charge is -2.29. The molecule has 202 valence electrons. The molecule has 2 fully saturated rings. The summed E-state index contributed by atoms with van der Waals surface area (Å²) in [5.74, 6) is -5.17. The highest BCUT2D eigenvalue weighted by atomic mass is 35.5. The van der Waals surface area contributed by atoms with E-state index in [1.54, 1.807) is 41.3 Å². The number of hydrogen-bond donors (Lipinski definition) is 3. The van der Waals surface area contributed by atoms with Crippen LogP contribution in [0.2, 0.25) is 5.02 Å². The Morgan fingerprint density at radius 1 is 0.897 bits per heavy atom. The van der Waals surface area contributed by atoms with Gasteiger partial charge in [-0.2, -0.15) is 0 Å². The number of carbonyl (C=O) groups excluding carboxylic acids is 3. The van der Waals surface area contributed by atoms with E-state index in [-0.39, 0.29) is 22.8 Å². The monoisotopic (exact) mass is 552 g/mol. The van der Waals surface area contributed by atoms with Crippen molar-refractivity contribution in [3.8, 4) is 5.69 Å². The Kier molecular flexibility index (Phi) is 7.49. The number of carbonyl (C=O) groups is 3. The summed E-state index contributed by atoms with van der Waals surface area (Å²) in [6, 6.07) is 14.9. The van der Waals surface area contributed by atoms with Crippen molar-refractivity contribution >= 4 is 40.7 Å². The van der Waals surface area contributed by atoms with E-state index >= 15 is 0 Å². The normalized spacial score (nSPS) is 20.8. The molecular formula is C28H26ClFN4O5. The molecule has 3 amide bonds. The molecule has 3 atom stereocenters. The predicted octanol–water partition coefficient (Wildman–Crippen LogP) is 3.05. The SMILES string of the molecule is O=C(Nc1ccc(-n2ccccc2=O)cc1F)[C@@H]1C(C(=O)N2CCC(O)CC2)[C@@H]1C(=O)Nc1ccc(Cl)cc1. The summed E-state index contributed by atoms with van der Waals surface area (Å²) >= 11 is 5.91. The fourth-order valence-corrected chi connectivity index (χ4v) is 5.06. The average molecular weight is 553 g/mol. The zero-order valence-corrected chi connectivity index (χ0v) is 21.5. The summed E-state index contributed by atoms with van der Waals surface area (Å²) in [6.45, 7) is 0.649. The molecule has 0 radical (unpaired) electrons. The van der Waals surface area contributed by atoms with Crippen LogP contribution in [0.4, 0.5) is 15.8 Å². The molecule has 2 heterocycles. The van der Waals surface area contributed by atoms with Gasteiger partial charge in [0.25, 0.3) is 5.56 Å². The van der Waals surface area contributed by atoms with Crippen molar-refractivity contribution in [3.63, 3.8) is 0 Å². The summed E-state index contributed by atoms with van der Waals surface area (Å²) in [5.41, 5.74) is 0.264. The van der Waals surface area contributed by atoms with E-state index in [9.17, 15) is 28.7 Å². The van der Waals surface area contributed by atoms with Gasteiger partial charge in [-0.05, 0) is 55.3 Å². The second-order valence-electron chi connectivity index (χ2n) is 9.69. The van der Waals surface area contributed by atoms with Crippen molar-refractivity contribution < 1.29 is 23.9 Å². The molecule has 1 unspecified atom stereocenters. The van der Waals surface area contributed by atoms with Crippen LogP contribution in [0.25, 0.3) is 5.69 Å². The molecule has 39 heavy (non-hydrogen) atoms. The summed E-state index contributed by atoms with van der Waals surface area (Å²) < 4.78 is 16.2. The highest BCUT2D eigenvalue weighted by Crippen LogP contribution is 2.49. The Balaban J connectivity index is 1.34. The third-order valence-electron chi connectivity index (χ3n) is 7.11. The number of benzene rings is 2. The summed E-state index contributed by atoms with van der Waals surface area (Å²) in [5, 5.41) is 15.5. The molecule has 5 rings (SSSR count). The summed E-state index contributed by atoms with van der Waals surface area (Å²) in [7, 11) is 0. The van der Waals surface area contributed by atoms with Crippen LogP contribution >= 0.6 is 11.6 Å². The number of nitrogens with one attached hydrogen (secondary N) is 2. The van der Waals surface area contributed by atoms with E-state index in [4.69, 9.17) is 11.6 Å². The molecule has 1 saturated heterocycles. The molecule has 2 aromatic carbocycles. The number of aliphatic hydroxyl groups excluding tert-OH is 1. The van der Waals surface area contributed by atoms with Crippen molar-refractivity contribution in [1.82, 2.24) is 9.47 Å². The van der Waals surface area contributed by atoms with Gasteiger partial charge >= 0.3 is 0 Å². The van der Waals surface area contributed by atoms with E-state index in [0.29, 0.717) is 36.6 Å². The van der Waals surface area contributed by atoms with Crippen LogP contribution in [0, 0.1) is 23.6 Å². The topological polar surface area (TPSA) is 121 Å². The van der Waals surface area contributed by atoms with Crippen molar-refractivity contribution in [2.24, 2.45) is 17.8 Å². The molecule has 2 aliphatic rings. The van der Waals surface area contributed by atoms with Gasteiger partial charge in [-0.15, -0.1) is 0 Å². The molecule has 3 aromatic rings. The highest BCUT2D eigenvalue weighted by molar-refractivity contribution is 6.30. The zero-order chi connectivity index (χ0) is 27.7. The molecule has 11 heteroatoms. The van der Waals surface area contributed by atoms with Crippen LogP contribution in [-0.2, 0) is 14.4 Å².